The van der Waals surface area contributed by atoms with Crippen LogP contribution >= 0.6 is 0 Å². The van der Waals surface area contributed by atoms with Crippen LogP contribution in [0.2, 0.25) is 0 Å². The van der Waals surface area contributed by atoms with E-state index in [1.54, 1.807) is 6.26 Å². The molecule has 0 unspecified atom stereocenters. The molecule has 1 heterocycles. The van der Waals surface area contributed by atoms with Crippen molar-refractivity contribution in [2.75, 3.05) is 13.2 Å². The van der Waals surface area contributed by atoms with Crippen LogP contribution in [-0.4, -0.2) is 24.4 Å². The van der Waals surface area contributed by atoms with E-state index in [1.807, 2.05) is 47.8 Å². The Morgan fingerprint density at radius 3 is 2.73 bits per heavy atom. The van der Waals surface area contributed by atoms with Gasteiger partial charge >= 0.3 is 0 Å². The average molecular weight is 298 g/mol. The fourth-order valence-electron chi connectivity index (χ4n) is 2.36. The molecular weight excluding hydrogens is 278 g/mol. The Bertz CT molecular complexity index is 709. The Morgan fingerprint density at radius 2 is 1.91 bits per heavy atom. The fraction of sp³-hybridized carbons (Fsp3) is 0.222. The Kier molecular flexibility index (Phi) is 4.73. The van der Waals surface area contributed by atoms with Crippen LogP contribution < -0.4 is 10.1 Å². The van der Waals surface area contributed by atoms with Crippen molar-refractivity contribution in [1.82, 2.24) is 0 Å². The van der Waals surface area contributed by atoms with E-state index in [0.717, 1.165) is 23.4 Å². The Hall–Kier alpha value is -2.30. The minimum absolute atomic E-state index is 0.285. The summed E-state index contributed by atoms with van der Waals surface area (Å²) >= 11 is 0. The van der Waals surface area contributed by atoms with Crippen LogP contribution in [0.25, 0.3) is 10.8 Å². The maximum Gasteiger partial charge on any atom is 0.157 e. The van der Waals surface area contributed by atoms with Gasteiger partial charge in [-0.2, -0.15) is 0 Å². The summed E-state index contributed by atoms with van der Waals surface area (Å²) in [5.74, 6) is 1.69. The molecule has 3 N–H and O–H groups in total. The highest BCUT2D eigenvalue weighted by molar-refractivity contribution is 5.83. The van der Waals surface area contributed by atoms with E-state index >= 15 is 0 Å². The van der Waals surface area contributed by atoms with E-state index < -0.39 is 6.10 Å². The van der Waals surface area contributed by atoms with Crippen molar-refractivity contribution >= 4 is 10.8 Å². The zero-order valence-electron chi connectivity index (χ0n) is 12.3. The molecule has 22 heavy (non-hydrogen) atoms. The van der Waals surface area contributed by atoms with Gasteiger partial charge in [-0.3, -0.25) is 0 Å². The van der Waals surface area contributed by atoms with Crippen molar-refractivity contribution in [2.45, 2.75) is 12.6 Å². The first-order chi connectivity index (χ1) is 10.8. The van der Waals surface area contributed by atoms with Crippen molar-refractivity contribution < 1.29 is 19.6 Å². The minimum Gasteiger partial charge on any atom is -0.491 e. The second-order valence-electron chi connectivity index (χ2n) is 5.28. The molecule has 4 heteroatoms. The maximum absolute atomic E-state index is 9.97. The number of hydrogen-bond acceptors (Lipinski definition) is 3. The lowest BCUT2D eigenvalue weighted by molar-refractivity contribution is -0.678. The van der Waals surface area contributed by atoms with Gasteiger partial charge in [-0.15, -0.1) is 0 Å². The number of aliphatic hydroxyl groups is 1. The summed E-state index contributed by atoms with van der Waals surface area (Å²) in [5.41, 5.74) is 0. The van der Waals surface area contributed by atoms with Crippen LogP contribution in [0.15, 0.2) is 65.3 Å². The van der Waals surface area contributed by atoms with Gasteiger partial charge in [0.25, 0.3) is 0 Å². The van der Waals surface area contributed by atoms with Gasteiger partial charge in [0.15, 0.2) is 5.76 Å². The number of ether oxygens (including phenoxy) is 1. The zero-order chi connectivity index (χ0) is 15.2. The molecule has 0 amide bonds. The van der Waals surface area contributed by atoms with E-state index in [4.69, 9.17) is 9.15 Å². The number of fused-ring (bicyclic) bond motifs is 1. The van der Waals surface area contributed by atoms with Gasteiger partial charge in [0, 0.05) is 0 Å². The summed E-state index contributed by atoms with van der Waals surface area (Å²) in [6, 6.07) is 17.9. The van der Waals surface area contributed by atoms with Crippen LogP contribution in [0.5, 0.6) is 5.75 Å². The molecule has 3 aromatic rings. The minimum atomic E-state index is -0.513. The van der Waals surface area contributed by atoms with Gasteiger partial charge in [0.05, 0.1) is 6.26 Å². The topological polar surface area (TPSA) is 59.2 Å². The second-order valence-corrected chi connectivity index (χ2v) is 5.28. The van der Waals surface area contributed by atoms with Crippen molar-refractivity contribution in [3.63, 3.8) is 0 Å². The zero-order valence-corrected chi connectivity index (χ0v) is 12.3. The molecule has 4 nitrogen and oxygen atoms in total. The standard InChI is InChI=1S/C18H19NO3/c20-16(11-19-12-18-6-3-9-21-18)13-22-17-8-7-14-4-1-2-5-15(14)10-17/h1-10,16,19-20H,11-13H2/p+1/t16-/m0/s1. The van der Waals surface area contributed by atoms with E-state index in [1.165, 1.54) is 5.39 Å². The van der Waals surface area contributed by atoms with Crippen LogP contribution in [0.1, 0.15) is 5.76 Å². The highest BCUT2D eigenvalue weighted by atomic mass is 16.5. The Balaban J connectivity index is 1.46. The molecule has 0 saturated carbocycles. The molecule has 0 saturated heterocycles. The molecule has 0 aliphatic heterocycles. The van der Waals surface area contributed by atoms with Crippen molar-refractivity contribution in [1.29, 1.82) is 0 Å². The number of rotatable bonds is 7. The van der Waals surface area contributed by atoms with E-state index in [2.05, 4.69) is 12.1 Å². The number of aliphatic hydroxyl groups excluding tert-OH is 1. The third-order valence-corrected chi connectivity index (χ3v) is 3.53. The van der Waals surface area contributed by atoms with Gasteiger partial charge < -0.3 is 19.6 Å². The van der Waals surface area contributed by atoms with Gasteiger partial charge in [-0.1, -0.05) is 30.3 Å². The molecular formula is C18H20NO3+. The first-order valence-electron chi connectivity index (χ1n) is 7.45. The fourth-order valence-corrected chi connectivity index (χ4v) is 2.36. The highest BCUT2D eigenvalue weighted by Crippen LogP contribution is 2.20. The summed E-state index contributed by atoms with van der Waals surface area (Å²) in [6.45, 7) is 1.58. The van der Waals surface area contributed by atoms with E-state index in [0.29, 0.717) is 6.54 Å². The third kappa shape index (κ3) is 3.87. The smallest absolute Gasteiger partial charge is 0.157 e. The number of furan rings is 1. The van der Waals surface area contributed by atoms with Crippen LogP contribution in [0.3, 0.4) is 0 Å². The summed E-state index contributed by atoms with van der Waals surface area (Å²) in [6.07, 6.45) is 1.14. The molecule has 114 valence electrons. The molecule has 1 atom stereocenters. The molecule has 0 aliphatic rings. The first-order valence-corrected chi connectivity index (χ1v) is 7.45. The maximum atomic E-state index is 9.97. The largest absolute Gasteiger partial charge is 0.491 e. The number of benzene rings is 2. The number of hydrogen-bond donors (Lipinski definition) is 2. The Morgan fingerprint density at radius 1 is 1.05 bits per heavy atom. The lowest BCUT2D eigenvalue weighted by atomic mass is 10.1. The van der Waals surface area contributed by atoms with Crippen LogP contribution in [0, 0.1) is 0 Å². The summed E-state index contributed by atoms with van der Waals surface area (Å²) in [4.78, 5) is 0. The van der Waals surface area contributed by atoms with Gasteiger partial charge in [0.2, 0.25) is 0 Å². The first kappa shape index (κ1) is 14.6. The van der Waals surface area contributed by atoms with Gasteiger partial charge in [0.1, 0.15) is 31.5 Å². The summed E-state index contributed by atoms with van der Waals surface area (Å²) in [5, 5.41) is 14.3. The SMILES string of the molecule is O[C@@H](C[NH2+]Cc1ccco1)COc1ccc2ccccc2c1. The highest BCUT2D eigenvalue weighted by Gasteiger charge is 2.08. The van der Waals surface area contributed by atoms with Crippen molar-refractivity contribution in [3.8, 4) is 5.75 Å². The predicted octanol–water partition coefficient (Wildman–Crippen LogP) is 1.94. The van der Waals surface area contributed by atoms with Gasteiger partial charge in [-0.25, -0.2) is 0 Å². The van der Waals surface area contributed by atoms with E-state index in [9.17, 15) is 5.11 Å². The summed E-state index contributed by atoms with van der Waals surface area (Å²) in [7, 11) is 0. The molecule has 1 aromatic heterocycles. The normalized spacial score (nSPS) is 12.4. The molecule has 2 aromatic carbocycles. The van der Waals surface area contributed by atoms with Gasteiger partial charge in [-0.05, 0) is 35.0 Å². The quantitative estimate of drug-likeness (QED) is 0.701. The summed E-state index contributed by atoms with van der Waals surface area (Å²) < 4.78 is 10.9. The molecule has 0 spiro atoms. The molecule has 0 radical (unpaired) electrons. The lowest BCUT2D eigenvalue weighted by Gasteiger charge is -2.11. The van der Waals surface area contributed by atoms with Crippen LogP contribution in [0.4, 0.5) is 0 Å². The van der Waals surface area contributed by atoms with Crippen molar-refractivity contribution in [2.24, 2.45) is 0 Å². The monoisotopic (exact) mass is 298 g/mol. The second kappa shape index (κ2) is 7.11. The number of quaternary nitrogens is 1. The number of nitrogens with two attached hydrogens (primary N) is 1. The molecule has 0 aliphatic carbocycles. The van der Waals surface area contributed by atoms with Crippen molar-refractivity contribution in [3.05, 3.63) is 66.6 Å². The lowest BCUT2D eigenvalue weighted by Crippen LogP contribution is -2.85. The van der Waals surface area contributed by atoms with E-state index in [-0.39, 0.29) is 6.61 Å². The predicted molar refractivity (Wildman–Crippen MR) is 84.7 cm³/mol. The molecule has 0 fully saturated rings. The average Bonchev–Trinajstić information content (AvgIpc) is 3.06. The molecule has 0 bridgehead atoms. The van der Waals surface area contributed by atoms with Crippen LogP contribution in [-0.2, 0) is 6.54 Å². The third-order valence-electron chi connectivity index (χ3n) is 3.53. The Labute approximate surface area is 129 Å². The molecule has 3 rings (SSSR count).